The molecule has 0 atom stereocenters. The summed E-state index contributed by atoms with van der Waals surface area (Å²) in [6, 6.07) is 6.88. The Morgan fingerprint density at radius 2 is 1.82 bits per heavy atom. The van der Waals surface area contributed by atoms with Gasteiger partial charge < -0.3 is 11.1 Å². The molecule has 0 amide bonds. The van der Waals surface area contributed by atoms with Crippen LogP contribution >= 0.6 is 0 Å². The van der Waals surface area contributed by atoms with Gasteiger partial charge >= 0.3 is 0 Å². The zero-order chi connectivity index (χ0) is 12.7. The molecule has 0 spiro atoms. The molecule has 0 aromatic heterocycles. The van der Waals surface area contributed by atoms with Crippen molar-refractivity contribution in [1.82, 2.24) is 0 Å². The fraction of sp³-hybridized carbons (Fsp3) is 0.500. The van der Waals surface area contributed by atoms with Crippen molar-refractivity contribution in [2.45, 2.75) is 24.7 Å². The zero-order valence-corrected chi connectivity index (χ0v) is 11.0. The Bertz CT molecular complexity index is 426. The van der Waals surface area contributed by atoms with E-state index in [0.29, 0.717) is 11.4 Å². The Labute approximate surface area is 103 Å². The molecule has 0 saturated carbocycles. The molecule has 1 aromatic rings. The van der Waals surface area contributed by atoms with Gasteiger partial charge in [0.1, 0.15) is 0 Å². The minimum absolute atomic E-state index is 0.135. The Hall–Kier alpha value is -1.07. The van der Waals surface area contributed by atoms with Crippen LogP contribution in [0.3, 0.4) is 0 Å². The summed E-state index contributed by atoms with van der Waals surface area (Å²) in [5.41, 5.74) is 6.34. The fourth-order valence-electron chi connectivity index (χ4n) is 1.45. The first kappa shape index (κ1) is 14.0. The molecular formula is C12H20N2O2S. The molecular weight excluding hydrogens is 236 g/mol. The maximum absolute atomic E-state index is 11.6. The molecule has 5 heteroatoms. The van der Waals surface area contributed by atoms with E-state index in [9.17, 15) is 8.42 Å². The van der Waals surface area contributed by atoms with E-state index in [1.165, 1.54) is 0 Å². The summed E-state index contributed by atoms with van der Waals surface area (Å²) in [4.78, 5) is 0.382. The van der Waals surface area contributed by atoms with Gasteiger partial charge in [-0.15, -0.1) is 0 Å². The highest BCUT2D eigenvalue weighted by Gasteiger charge is 2.10. The summed E-state index contributed by atoms with van der Waals surface area (Å²) in [6.07, 6.45) is 2.01. The predicted octanol–water partition coefficient (Wildman–Crippen LogP) is 1.63. The topological polar surface area (TPSA) is 72.2 Å². The number of benzene rings is 1. The van der Waals surface area contributed by atoms with Crippen molar-refractivity contribution in [2.75, 3.05) is 24.2 Å². The average Bonchev–Trinajstić information content (AvgIpc) is 2.35. The molecule has 0 aliphatic rings. The average molecular weight is 256 g/mol. The summed E-state index contributed by atoms with van der Waals surface area (Å²) in [5.74, 6) is 0.135. The molecule has 3 N–H and O–H groups in total. The lowest BCUT2D eigenvalue weighted by Crippen LogP contribution is -2.06. The molecule has 1 rings (SSSR count). The smallest absolute Gasteiger partial charge is 0.178 e. The Kier molecular flexibility index (Phi) is 5.44. The molecule has 0 fully saturated rings. The normalized spacial score (nSPS) is 11.4. The maximum atomic E-state index is 11.6. The van der Waals surface area contributed by atoms with E-state index in [1.807, 2.05) is 0 Å². The SMILES string of the molecule is CCS(=O)(=O)c1ccc(NCCCCN)cc1. The first-order chi connectivity index (χ1) is 8.10. The molecule has 0 saturated heterocycles. The number of hydrogen-bond acceptors (Lipinski definition) is 4. The summed E-state index contributed by atoms with van der Waals surface area (Å²) >= 11 is 0. The first-order valence-electron chi connectivity index (χ1n) is 5.87. The molecule has 17 heavy (non-hydrogen) atoms. The van der Waals surface area contributed by atoms with Crippen LogP contribution in [0, 0.1) is 0 Å². The highest BCUT2D eigenvalue weighted by Crippen LogP contribution is 2.15. The van der Waals surface area contributed by atoms with Crippen LogP contribution in [0.25, 0.3) is 0 Å². The number of unbranched alkanes of at least 4 members (excludes halogenated alkanes) is 1. The van der Waals surface area contributed by atoms with Gasteiger partial charge in [0.15, 0.2) is 9.84 Å². The van der Waals surface area contributed by atoms with Crippen LogP contribution in [0.5, 0.6) is 0 Å². The quantitative estimate of drug-likeness (QED) is 0.727. The highest BCUT2D eigenvalue weighted by molar-refractivity contribution is 7.91. The van der Waals surface area contributed by atoms with E-state index in [4.69, 9.17) is 5.73 Å². The molecule has 1 aromatic carbocycles. The van der Waals surface area contributed by atoms with E-state index < -0.39 is 9.84 Å². The third-order valence-electron chi connectivity index (χ3n) is 2.55. The number of rotatable bonds is 7. The minimum Gasteiger partial charge on any atom is -0.385 e. The van der Waals surface area contributed by atoms with Gasteiger partial charge in [-0.1, -0.05) is 6.92 Å². The number of nitrogens with one attached hydrogen (secondary N) is 1. The van der Waals surface area contributed by atoms with Crippen molar-refractivity contribution in [2.24, 2.45) is 5.73 Å². The van der Waals surface area contributed by atoms with Gasteiger partial charge in [0, 0.05) is 12.2 Å². The van der Waals surface area contributed by atoms with Crippen molar-refractivity contribution in [1.29, 1.82) is 0 Å². The highest BCUT2D eigenvalue weighted by atomic mass is 32.2. The Morgan fingerprint density at radius 3 is 2.35 bits per heavy atom. The Balaban J connectivity index is 2.57. The van der Waals surface area contributed by atoms with Crippen LogP contribution in [-0.4, -0.2) is 27.3 Å². The van der Waals surface area contributed by atoms with Crippen LogP contribution in [0.4, 0.5) is 5.69 Å². The largest absolute Gasteiger partial charge is 0.385 e. The Morgan fingerprint density at radius 1 is 1.18 bits per heavy atom. The van der Waals surface area contributed by atoms with Gasteiger partial charge in [-0.2, -0.15) is 0 Å². The van der Waals surface area contributed by atoms with Crippen molar-refractivity contribution in [3.63, 3.8) is 0 Å². The minimum atomic E-state index is -3.09. The number of nitrogens with two attached hydrogens (primary N) is 1. The fourth-order valence-corrected chi connectivity index (χ4v) is 2.33. The van der Waals surface area contributed by atoms with E-state index in [-0.39, 0.29) is 5.75 Å². The van der Waals surface area contributed by atoms with Crippen LogP contribution < -0.4 is 11.1 Å². The van der Waals surface area contributed by atoms with E-state index >= 15 is 0 Å². The third kappa shape index (κ3) is 4.36. The second-order valence-electron chi connectivity index (χ2n) is 3.85. The lowest BCUT2D eigenvalue weighted by Gasteiger charge is -2.07. The van der Waals surface area contributed by atoms with E-state index in [2.05, 4.69) is 5.32 Å². The monoisotopic (exact) mass is 256 g/mol. The van der Waals surface area contributed by atoms with Gasteiger partial charge in [-0.25, -0.2) is 8.42 Å². The van der Waals surface area contributed by atoms with Gasteiger partial charge in [-0.05, 0) is 43.7 Å². The summed E-state index contributed by atoms with van der Waals surface area (Å²) in [6.45, 7) is 3.21. The second kappa shape index (κ2) is 6.61. The standard InChI is InChI=1S/C12H20N2O2S/c1-2-17(15,16)12-7-5-11(6-8-12)14-10-4-3-9-13/h5-8,14H,2-4,9-10,13H2,1H3. The molecule has 0 aliphatic heterocycles. The lowest BCUT2D eigenvalue weighted by molar-refractivity contribution is 0.597. The lowest BCUT2D eigenvalue weighted by atomic mass is 10.3. The van der Waals surface area contributed by atoms with Gasteiger partial charge in [0.2, 0.25) is 0 Å². The van der Waals surface area contributed by atoms with Crippen LogP contribution in [0.2, 0.25) is 0 Å². The number of hydrogen-bond donors (Lipinski definition) is 2. The molecule has 0 heterocycles. The molecule has 4 nitrogen and oxygen atoms in total. The van der Waals surface area contributed by atoms with Gasteiger partial charge in [0.05, 0.1) is 10.6 Å². The molecule has 0 aliphatic carbocycles. The van der Waals surface area contributed by atoms with Crippen molar-refractivity contribution >= 4 is 15.5 Å². The van der Waals surface area contributed by atoms with E-state index in [0.717, 1.165) is 25.1 Å². The number of sulfone groups is 1. The predicted molar refractivity (Wildman–Crippen MR) is 70.9 cm³/mol. The summed E-state index contributed by atoms with van der Waals surface area (Å²) in [5, 5.41) is 3.23. The van der Waals surface area contributed by atoms with Gasteiger partial charge in [-0.3, -0.25) is 0 Å². The van der Waals surface area contributed by atoms with Crippen molar-refractivity contribution in [3.8, 4) is 0 Å². The first-order valence-corrected chi connectivity index (χ1v) is 7.52. The number of anilines is 1. The van der Waals surface area contributed by atoms with Gasteiger partial charge in [0.25, 0.3) is 0 Å². The van der Waals surface area contributed by atoms with Crippen LogP contribution in [0.1, 0.15) is 19.8 Å². The maximum Gasteiger partial charge on any atom is 0.178 e. The zero-order valence-electron chi connectivity index (χ0n) is 10.1. The molecule has 0 radical (unpaired) electrons. The van der Waals surface area contributed by atoms with Crippen LogP contribution in [0.15, 0.2) is 29.2 Å². The van der Waals surface area contributed by atoms with Crippen LogP contribution in [-0.2, 0) is 9.84 Å². The molecule has 96 valence electrons. The summed E-state index contributed by atoms with van der Waals surface area (Å²) < 4.78 is 23.2. The summed E-state index contributed by atoms with van der Waals surface area (Å²) in [7, 11) is -3.09. The van der Waals surface area contributed by atoms with Crippen molar-refractivity contribution in [3.05, 3.63) is 24.3 Å². The second-order valence-corrected chi connectivity index (χ2v) is 6.13. The van der Waals surface area contributed by atoms with E-state index in [1.54, 1.807) is 31.2 Å². The third-order valence-corrected chi connectivity index (χ3v) is 4.30. The molecule has 0 unspecified atom stereocenters. The van der Waals surface area contributed by atoms with Crippen molar-refractivity contribution < 1.29 is 8.42 Å². The molecule has 0 bridgehead atoms.